The molecule has 2 heterocycles. The third-order valence-corrected chi connectivity index (χ3v) is 3.99. The Labute approximate surface area is 144 Å². The van der Waals surface area contributed by atoms with E-state index in [-0.39, 0.29) is 32.1 Å². The molecular weight excluding hydrogens is 326 g/mol. The molecule has 0 saturated carbocycles. The van der Waals surface area contributed by atoms with Gasteiger partial charge in [0, 0.05) is 6.07 Å². The molecular formula is C18H17NO6. The second kappa shape index (κ2) is 6.43. The molecule has 0 aromatic heterocycles. The predicted molar refractivity (Wildman–Crippen MR) is 87.2 cm³/mol. The standard InChI is InChI=1S/C18H17NO6/c1-11(12-2-4-14-16(6-12)24-9-22-14)19-18(20)8-21-13-3-5-15-17(7-13)25-10-23-15/h2-7,11H,8-10H2,1H3,(H,19,20)/t11-/m1/s1. The number of hydrogen-bond acceptors (Lipinski definition) is 6. The SMILES string of the molecule is C[C@@H](NC(=O)COc1ccc2c(c1)OCO2)c1ccc2c(c1)OCO2. The highest BCUT2D eigenvalue weighted by atomic mass is 16.7. The third kappa shape index (κ3) is 3.26. The average Bonchev–Trinajstić information content (AvgIpc) is 3.27. The van der Waals surface area contributed by atoms with Gasteiger partial charge in [0.1, 0.15) is 5.75 Å². The highest BCUT2D eigenvalue weighted by Gasteiger charge is 2.18. The molecule has 4 rings (SSSR count). The van der Waals surface area contributed by atoms with Crippen LogP contribution >= 0.6 is 0 Å². The van der Waals surface area contributed by atoms with Crippen molar-refractivity contribution in [2.75, 3.05) is 20.2 Å². The van der Waals surface area contributed by atoms with Gasteiger partial charge < -0.3 is 29.0 Å². The Morgan fingerprint density at radius 1 is 1.00 bits per heavy atom. The molecule has 0 fully saturated rings. The Morgan fingerprint density at radius 3 is 2.40 bits per heavy atom. The Morgan fingerprint density at radius 2 is 1.64 bits per heavy atom. The van der Waals surface area contributed by atoms with Gasteiger partial charge in [-0.2, -0.15) is 0 Å². The van der Waals surface area contributed by atoms with E-state index < -0.39 is 0 Å². The molecule has 0 radical (unpaired) electrons. The molecule has 7 nitrogen and oxygen atoms in total. The van der Waals surface area contributed by atoms with Crippen molar-refractivity contribution in [2.45, 2.75) is 13.0 Å². The van der Waals surface area contributed by atoms with Crippen molar-refractivity contribution in [3.8, 4) is 28.7 Å². The Balaban J connectivity index is 1.32. The van der Waals surface area contributed by atoms with E-state index in [9.17, 15) is 4.79 Å². The maximum absolute atomic E-state index is 12.1. The third-order valence-electron chi connectivity index (χ3n) is 3.99. The summed E-state index contributed by atoms with van der Waals surface area (Å²) in [6.45, 7) is 2.24. The van der Waals surface area contributed by atoms with Crippen LogP contribution in [0.15, 0.2) is 36.4 Å². The van der Waals surface area contributed by atoms with E-state index in [1.165, 1.54) is 0 Å². The van der Waals surface area contributed by atoms with Gasteiger partial charge in [-0.25, -0.2) is 0 Å². The highest BCUT2D eigenvalue weighted by Crippen LogP contribution is 2.35. The van der Waals surface area contributed by atoms with E-state index in [4.69, 9.17) is 23.7 Å². The molecule has 0 unspecified atom stereocenters. The zero-order valence-electron chi connectivity index (χ0n) is 13.6. The van der Waals surface area contributed by atoms with Crippen molar-refractivity contribution < 1.29 is 28.5 Å². The number of fused-ring (bicyclic) bond motifs is 2. The van der Waals surface area contributed by atoms with E-state index in [0.717, 1.165) is 5.56 Å². The molecule has 25 heavy (non-hydrogen) atoms. The summed E-state index contributed by atoms with van der Waals surface area (Å²) in [5.41, 5.74) is 0.931. The normalized spacial score (nSPS) is 14.9. The van der Waals surface area contributed by atoms with Crippen LogP contribution in [0.1, 0.15) is 18.5 Å². The van der Waals surface area contributed by atoms with Crippen LogP contribution in [0.5, 0.6) is 28.7 Å². The van der Waals surface area contributed by atoms with Crippen LogP contribution in [0.25, 0.3) is 0 Å². The van der Waals surface area contributed by atoms with Crippen LogP contribution in [0, 0.1) is 0 Å². The van der Waals surface area contributed by atoms with Crippen LogP contribution < -0.4 is 29.0 Å². The lowest BCUT2D eigenvalue weighted by atomic mass is 10.1. The fraction of sp³-hybridized carbons (Fsp3) is 0.278. The Bertz CT molecular complexity index is 806. The fourth-order valence-corrected chi connectivity index (χ4v) is 2.66. The summed E-state index contributed by atoms with van der Waals surface area (Å²) in [5, 5.41) is 2.89. The van der Waals surface area contributed by atoms with Crippen molar-refractivity contribution in [3.63, 3.8) is 0 Å². The summed E-state index contributed by atoms with van der Waals surface area (Å²) in [6.07, 6.45) is 0. The second-order valence-electron chi connectivity index (χ2n) is 5.71. The van der Waals surface area contributed by atoms with E-state index >= 15 is 0 Å². The van der Waals surface area contributed by atoms with Gasteiger partial charge in [-0.05, 0) is 36.8 Å². The largest absolute Gasteiger partial charge is 0.484 e. The smallest absolute Gasteiger partial charge is 0.258 e. The maximum Gasteiger partial charge on any atom is 0.258 e. The van der Waals surface area contributed by atoms with Gasteiger partial charge in [0.05, 0.1) is 6.04 Å². The van der Waals surface area contributed by atoms with Gasteiger partial charge in [-0.3, -0.25) is 4.79 Å². The number of nitrogens with one attached hydrogen (secondary N) is 1. The molecule has 0 saturated heterocycles. The van der Waals surface area contributed by atoms with Crippen molar-refractivity contribution in [1.82, 2.24) is 5.32 Å². The second-order valence-corrected chi connectivity index (χ2v) is 5.71. The lowest BCUT2D eigenvalue weighted by Gasteiger charge is -2.15. The topological polar surface area (TPSA) is 75.3 Å². The number of amides is 1. The number of hydrogen-bond donors (Lipinski definition) is 1. The van der Waals surface area contributed by atoms with Crippen LogP contribution in [-0.2, 0) is 4.79 Å². The van der Waals surface area contributed by atoms with E-state index in [0.29, 0.717) is 28.7 Å². The van der Waals surface area contributed by atoms with Crippen LogP contribution in [0.4, 0.5) is 0 Å². The summed E-state index contributed by atoms with van der Waals surface area (Å²) in [7, 11) is 0. The fourth-order valence-electron chi connectivity index (χ4n) is 2.66. The van der Waals surface area contributed by atoms with Gasteiger partial charge in [0.25, 0.3) is 5.91 Å². The van der Waals surface area contributed by atoms with Crippen molar-refractivity contribution in [3.05, 3.63) is 42.0 Å². The van der Waals surface area contributed by atoms with Gasteiger partial charge in [-0.15, -0.1) is 0 Å². The summed E-state index contributed by atoms with van der Waals surface area (Å²) in [5.74, 6) is 3.03. The molecule has 7 heteroatoms. The van der Waals surface area contributed by atoms with E-state index in [1.807, 2.05) is 25.1 Å². The molecule has 130 valence electrons. The zero-order valence-corrected chi connectivity index (χ0v) is 13.6. The minimum absolute atomic E-state index is 0.0888. The Hall–Kier alpha value is -3.09. The first-order valence-corrected chi connectivity index (χ1v) is 7.90. The lowest BCUT2D eigenvalue weighted by Crippen LogP contribution is -2.31. The first-order valence-electron chi connectivity index (χ1n) is 7.90. The number of benzene rings is 2. The number of ether oxygens (including phenoxy) is 5. The minimum atomic E-state index is -0.220. The van der Waals surface area contributed by atoms with E-state index in [2.05, 4.69) is 5.32 Å². The maximum atomic E-state index is 12.1. The number of carbonyl (C=O) groups excluding carboxylic acids is 1. The Kier molecular flexibility index (Phi) is 3.97. The number of rotatable bonds is 5. The van der Waals surface area contributed by atoms with Crippen molar-refractivity contribution in [2.24, 2.45) is 0 Å². The van der Waals surface area contributed by atoms with Gasteiger partial charge in [0.15, 0.2) is 29.6 Å². The number of carbonyl (C=O) groups is 1. The molecule has 2 aromatic carbocycles. The molecule has 0 spiro atoms. The van der Waals surface area contributed by atoms with Crippen LogP contribution in [0.3, 0.4) is 0 Å². The zero-order chi connectivity index (χ0) is 17.2. The monoisotopic (exact) mass is 343 g/mol. The van der Waals surface area contributed by atoms with Crippen molar-refractivity contribution >= 4 is 5.91 Å². The van der Waals surface area contributed by atoms with Gasteiger partial charge in [-0.1, -0.05) is 6.07 Å². The summed E-state index contributed by atoms with van der Waals surface area (Å²) >= 11 is 0. The molecule has 1 N–H and O–H groups in total. The molecule has 0 bridgehead atoms. The first-order chi connectivity index (χ1) is 12.2. The lowest BCUT2D eigenvalue weighted by molar-refractivity contribution is -0.123. The average molecular weight is 343 g/mol. The first kappa shape index (κ1) is 15.4. The molecule has 1 atom stereocenters. The summed E-state index contributed by atoms with van der Waals surface area (Å²) in [4.78, 5) is 12.1. The molecule has 2 aliphatic rings. The van der Waals surface area contributed by atoms with E-state index in [1.54, 1.807) is 18.2 Å². The minimum Gasteiger partial charge on any atom is -0.484 e. The summed E-state index contributed by atoms with van der Waals surface area (Å²) < 4.78 is 26.7. The molecule has 0 aliphatic carbocycles. The van der Waals surface area contributed by atoms with Crippen LogP contribution in [-0.4, -0.2) is 26.1 Å². The highest BCUT2D eigenvalue weighted by molar-refractivity contribution is 5.78. The predicted octanol–water partition coefficient (Wildman–Crippen LogP) is 2.40. The van der Waals surface area contributed by atoms with Gasteiger partial charge in [0.2, 0.25) is 13.6 Å². The van der Waals surface area contributed by atoms with Gasteiger partial charge >= 0.3 is 0 Å². The molecule has 1 amide bonds. The van der Waals surface area contributed by atoms with Crippen molar-refractivity contribution in [1.29, 1.82) is 0 Å². The summed E-state index contributed by atoms with van der Waals surface area (Å²) in [6, 6.07) is 10.6. The molecule has 2 aromatic rings. The van der Waals surface area contributed by atoms with Crippen LogP contribution in [0.2, 0.25) is 0 Å². The molecule has 2 aliphatic heterocycles. The quantitative estimate of drug-likeness (QED) is 0.898.